The van der Waals surface area contributed by atoms with E-state index < -0.39 is 7.12 Å². The van der Waals surface area contributed by atoms with Gasteiger partial charge < -0.3 is 14.8 Å². The van der Waals surface area contributed by atoms with Crippen LogP contribution in [0.3, 0.4) is 0 Å². The van der Waals surface area contributed by atoms with Crippen molar-refractivity contribution in [1.29, 1.82) is 0 Å². The molecule has 1 aromatic carbocycles. The Kier molecular flexibility index (Phi) is 3.52. The van der Waals surface area contributed by atoms with Crippen molar-refractivity contribution in [3.05, 3.63) is 22.7 Å². The molecule has 14 heavy (non-hydrogen) atoms. The third-order valence-corrected chi connectivity index (χ3v) is 1.94. The molecule has 0 aliphatic rings. The molecule has 0 fully saturated rings. The largest absolute Gasteiger partial charge is 0.496 e. The number of methoxy groups -OCH3 is 1. The summed E-state index contributed by atoms with van der Waals surface area (Å²) in [6.07, 6.45) is 0.538. The maximum absolute atomic E-state index is 10.6. The first-order chi connectivity index (χ1) is 6.60. The van der Waals surface area contributed by atoms with Crippen molar-refractivity contribution < 1.29 is 19.6 Å². The first kappa shape index (κ1) is 11.0. The van der Waals surface area contributed by atoms with Crippen LogP contribution < -0.4 is 10.2 Å². The molecule has 0 atom stereocenters. The lowest BCUT2D eigenvalue weighted by Crippen LogP contribution is -2.32. The maximum atomic E-state index is 10.6. The Morgan fingerprint density at radius 3 is 2.57 bits per heavy atom. The summed E-state index contributed by atoms with van der Waals surface area (Å²) >= 11 is 5.67. The molecule has 6 heteroatoms. The number of hydrogen-bond acceptors (Lipinski definition) is 4. The van der Waals surface area contributed by atoms with Gasteiger partial charge in [0.25, 0.3) is 0 Å². The van der Waals surface area contributed by atoms with E-state index >= 15 is 0 Å². The lowest BCUT2D eigenvalue weighted by molar-refractivity contribution is 0.112. The number of benzene rings is 1. The van der Waals surface area contributed by atoms with Gasteiger partial charge in [-0.25, -0.2) is 0 Å². The number of carbonyl (C=O) groups is 1. The molecule has 0 aromatic heterocycles. The lowest BCUT2D eigenvalue weighted by Gasteiger charge is -2.10. The molecule has 0 aliphatic carbocycles. The Bertz CT molecular complexity index is 353. The summed E-state index contributed by atoms with van der Waals surface area (Å²) in [5.74, 6) is 0.124. The molecule has 0 unspecified atom stereocenters. The quantitative estimate of drug-likeness (QED) is 0.542. The smallest absolute Gasteiger partial charge is 0.492 e. The van der Waals surface area contributed by atoms with E-state index in [0.717, 1.165) is 0 Å². The molecular weight excluding hydrogens is 206 g/mol. The summed E-state index contributed by atoms with van der Waals surface area (Å²) in [6, 6.07) is 2.72. The van der Waals surface area contributed by atoms with Crippen LogP contribution in [0.1, 0.15) is 10.4 Å². The van der Waals surface area contributed by atoms with Gasteiger partial charge >= 0.3 is 7.12 Å². The van der Waals surface area contributed by atoms with E-state index in [-0.39, 0.29) is 21.8 Å². The number of halogens is 1. The van der Waals surface area contributed by atoms with Gasteiger partial charge in [-0.2, -0.15) is 0 Å². The van der Waals surface area contributed by atoms with Crippen molar-refractivity contribution in [2.45, 2.75) is 0 Å². The van der Waals surface area contributed by atoms with Gasteiger partial charge in [-0.05, 0) is 12.1 Å². The Morgan fingerprint density at radius 1 is 1.50 bits per heavy atom. The molecule has 0 heterocycles. The Morgan fingerprint density at radius 2 is 2.14 bits per heavy atom. The summed E-state index contributed by atoms with van der Waals surface area (Å²) in [6.45, 7) is 0. The van der Waals surface area contributed by atoms with Crippen LogP contribution in [0.2, 0.25) is 5.02 Å². The molecule has 4 nitrogen and oxygen atoms in total. The molecule has 1 rings (SSSR count). The second-order valence-electron chi connectivity index (χ2n) is 2.61. The summed E-state index contributed by atoms with van der Waals surface area (Å²) in [7, 11) is -0.385. The highest BCUT2D eigenvalue weighted by Crippen LogP contribution is 2.19. The predicted octanol–water partition coefficient (Wildman–Crippen LogP) is -0.159. The molecule has 0 radical (unpaired) electrons. The van der Waals surface area contributed by atoms with Gasteiger partial charge in [0.15, 0.2) is 6.29 Å². The second kappa shape index (κ2) is 4.46. The van der Waals surface area contributed by atoms with Crippen LogP contribution in [0.15, 0.2) is 12.1 Å². The van der Waals surface area contributed by atoms with Crippen molar-refractivity contribution >= 4 is 30.5 Å². The van der Waals surface area contributed by atoms with Crippen molar-refractivity contribution in [1.82, 2.24) is 0 Å². The van der Waals surface area contributed by atoms with Crippen LogP contribution >= 0.6 is 11.6 Å². The van der Waals surface area contributed by atoms with Gasteiger partial charge in [-0.3, -0.25) is 4.79 Å². The van der Waals surface area contributed by atoms with Gasteiger partial charge in [-0.1, -0.05) is 11.6 Å². The molecule has 0 amide bonds. The van der Waals surface area contributed by atoms with Crippen LogP contribution in [-0.4, -0.2) is 30.6 Å². The molecule has 0 saturated heterocycles. The predicted molar refractivity (Wildman–Crippen MR) is 53.2 cm³/mol. The highest BCUT2D eigenvalue weighted by atomic mass is 35.5. The first-order valence-corrected chi connectivity index (χ1v) is 4.16. The standard InChI is InChI=1S/C8H8BClO4/c1-14-8-5(4-11)2-6(10)3-7(8)9(12)13/h2-4,12-13H,1H3. The minimum absolute atomic E-state index is 0.0714. The fourth-order valence-corrected chi connectivity index (χ4v) is 1.39. The van der Waals surface area contributed by atoms with Crippen LogP contribution in [0.5, 0.6) is 5.75 Å². The van der Waals surface area contributed by atoms with Crippen LogP contribution in [0.4, 0.5) is 0 Å². The van der Waals surface area contributed by atoms with E-state index in [1.807, 2.05) is 0 Å². The molecule has 74 valence electrons. The van der Waals surface area contributed by atoms with Crippen molar-refractivity contribution in [2.75, 3.05) is 7.11 Å². The van der Waals surface area contributed by atoms with E-state index in [1.165, 1.54) is 19.2 Å². The van der Waals surface area contributed by atoms with E-state index in [0.29, 0.717) is 6.29 Å². The number of aldehydes is 1. The summed E-state index contributed by atoms with van der Waals surface area (Å²) in [5, 5.41) is 18.2. The van der Waals surface area contributed by atoms with Crippen molar-refractivity contribution in [3.63, 3.8) is 0 Å². The van der Waals surface area contributed by atoms with Crippen LogP contribution in [0, 0.1) is 0 Å². The minimum Gasteiger partial charge on any atom is -0.496 e. The monoisotopic (exact) mass is 214 g/mol. The van der Waals surface area contributed by atoms with Gasteiger partial charge in [0.05, 0.1) is 12.7 Å². The summed E-state index contributed by atoms with van der Waals surface area (Å²) < 4.78 is 4.87. The van der Waals surface area contributed by atoms with E-state index in [9.17, 15) is 4.79 Å². The zero-order chi connectivity index (χ0) is 10.7. The third-order valence-electron chi connectivity index (χ3n) is 1.72. The number of carbonyl (C=O) groups excluding carboxylic acids is 1. The van der Waals surface area contributed by atoms with E-state index in [2.05, 4.69) is 0 Å². The van der Waals surface area contributed by atoms with E-state index in [1.54, 1.807) is 0 Å². The molecular formula is C8H8BClO4. The fraction of sp³-hybridized carbons (Fsp3) is 0.125. The molecule has 0 bridgehead atoms. The highest BCUT2D eigenvalue weighted by molar-refractivity contribution is 6.60. The zero-order valence-corrected chi connectivity index (χ0v) is 8.15. The van der Waals surface area contributed by atoms with Crippen LogP contribution in [-0.2, 0) is 0 Å². The zero-order valence-electron chi connectivity index (χ0n) is 7.40. The Labute approximate surface area is 86.2 Å². The van der Waals surface area contributed by atoms with Gasteiger partial charge in [0.1, 0.15) is 5.75 Å². The summed E-state index contributed by atoms with van der Waals surface area (Å²) in [4.78, 5) is 10.6. The normalized spacial score (nSPS) is 9.71. The second-order valence-corrected chi connectivity index (χ2v) is 3.05. The molecule has 0 aliphatic heterocycles. The number of hydrogen-bond donors (Lipinski definition) is 2. The Balaban J connectivity index is 3.39. The van der Waals surface area contributed by atoms with E-state index in [4.69, 9.17) is 26.4 Å². The van der Waals surface area contributed by atoms with Crippen LogP contribution in [0.25, 0.3) is 0 Å². The topological polar surface area (TPSA) is 66.8 Å². The third kappa shape index (κ3) is 2.06. The molecule has 2 N–H and O–H groups in total. The van der Waals surface area contributed by atoms with Crippen molar-refractivity contribution in [2.24, 2.45) is 0 Å². The van der Waals surface area contributed by atoms with Gasteiger partial charge in [0, 0.05) is 10.5 Å². The SMILES string of the molecule is COc1c(C=O)cc(Cl)cc1B(O)O. The molecule has 0 spiro atoms. The average molecular weight is 214 g/mol. The van der Waals surface area contributed by atoms with Gasteiger partial charge in [-0.15, -0.1) is 0 Å². The summed E-state index contributed by atoms with van der Waals surface area (Å²) in [5.41, 5.74) is 0.255. The average Bonchev–Trinajstić information content (AvgIpc) is 2.16. The maximum Gasteiger partial charge on any atom is 0.492 e. The molecule has 1 aromatic rings. The number of ether oxygens (including phenoxy) is 1. The fourth-order valence-electron chi connectivity index (χ4n) is 1.15. The highest BCUT2D eigenvalue weighted by Gasteiger charge is 2.20. The Hall–Kier alpha value is -1.04. The first-order valence-electron chi connectivity index (χ1n) is 3.79. The van der Waals surface area contributed by atoms with Gasteiger partial charge in [0.2, 0.25) is 0 Å². The molecule has 0 saturated carbocycles. The van der Waals surface area contributed by atoms with Crippen molar-refractivity contribution in [3.8, 4) is 5.75 Å². The lowest BCUT2D eigenvalue weighted by atomic mass is 9.78. The minimum atomic E-state index is -1.72. The number of rotatable bonds is 3.